The number of rotatable bonds is 3. The van der Waals surface area contributed by atoms with E-state index in [9.17, 15) is 4.79 Å². The molecule has 0 saturated carbocycles. The summed E-state index contributed by atoms with van der Waals surface area (Å²) in [4.78, 5) is 13.6. The van der Waals surface area contributed by atoms with Gasteiger partial charge in [0.1, 0.15) is 5.78 Å². The van der Waals surface area contributed by atoms with Crippen LogP contribution in [0.3, 0.4) is 0 Å². The minimum atomic E-state index is 0.0451. The summed E-state index contributed by atoms with van der Waals surface area (Å²) in [5.74, 6) is 0.282. The highest BCUT2D eigenvalue weighted by molar-refractivity contribution is 5.82. The molecule has 1 aromatic rings. The van der Waals surface area contributed by atoms with Crippen LogP contribution in [0.1, 0.15) is 12.5 Å². The van der Waals surface area contributed by atoms with E-state index in [1.54, 1.807) is 6.92 Å². The fourth-order valence-corrected chi connectivity index (χ4v) is 2.23. The van der Waals surface area contributed by atoms with E-state index in [2.05, 4.69) is 23.6 Å². The van der Waals surface area contributed by atoms with Gasteiger partial charge in [-0.1, -0.05) is 42.5 Å². The number of hydrogen-bond donors (Lipinski definition) is 0. The first-order valence-corrected chi connectivity index (χ1v) is 5.61. The number of likely N-dealkylation sites (tertiary alicyclic amines) is 1. The van der Waals surface area contributed by atoms with Crippen molar-refractivity contribution < 1.29 is 4.79 Å². The zero-order valence-electron chi connectivity index (χ0n) is 9.65. The van der Waals surface area contributed by atoms with Gasteiger partial charge in [-0.2, -0.15) is 0 Å². The molecule has 1 atom stereocenters. The number of Topliss-reactive ketones (excluding diaryl/α,β-unsaturated/α-hetero) is 1. The number of nitrogens with zero attached hydrogens (tertiary/aromatic N) is 1. The first-order valence-electron chi connectivity index (χ1n) is 5.61. The summed E-state index contributed by atoms with van der Waals surface area (Å²) in [5.41, 5.74) is 2.35. The van der Waals surface area contributed by atoms with Crippen LogP contribution in [-0.4, -0.2) is 23.8 Å². The van der Waals surface area contributed by atoms with E-state index in [4.69, 9.17) is 0 Å². The largest absolute Gasteiger partial charge is 0.299 e. The quantitative estimate of drug-likeness (QED) is 0.721. The van der Waals surface area contributed by atoms with Crippen LogP contribution in [-0.2, 0) is 11.3 Å². The molecule has 0 bridgehead atoms. The Morgan fingerprint density at radius 3 is 2.69 bits per heavy atom. The van der Waals surface area contributed by atoms with Gasteiger partial charge in [-0.15, -0.1) is 0 Å². The molecule has 2 heteroatoms. The molecule has 1 heterocycles. The number of carbonyl (C=O) groups is 1. The van der Waals surface area contributed by atoms with Crippen LogP contribution in [0.25, 0.3) is 0 Å². The Balaban J connectivity index is 1.99. The summed E-state index contributed by atoms with van der Waals surface area (Å²) in [6.45, 7) is 8.22. The molecule has 16 heavy (non-hydrogen) atoms. The van der Waals surface area contributed by atoms with E-state index in [1.807, 2.05) is 18.2 Å². The van der Waals surface area contributed by atoms with Crippen LogP contribution in [0, 0.1) is 5.92 Å². The Hall–Kier alpha value is -1.41. The maximum absolute atomic E-state index is 11.4. The lowest BCUT2D eigenvalue weighted by atomic mass is 10.0. The summed E-state index contributed by atoms with van der Waals surface area (Å²) in [6, 6.07) is 10.3. The summed E-state index contributed by atoms with van der Waals surface area (Å²) in [7, 11) is 0. The fraction of sp³-hybridized carbons (Fsp3) is 0.357. The van der Waals surface area contributed by atoms with E-state index < -0.39 is 0 Å². The van der Waals surface area contributed by atoms with Gasteiger partial charge in [0.25, 0.3) is 0 Å². The second-order valence-electron chi connectivity index (χ2n) is 4.48. The van der Waals surface area contributed by atoms with E-state index >= 15 is 0 Å². The average molecular weight is 215 g/mol. The van der Waals surface area contributed by atoms with Crippen molar-refractivity contribution in [1.82, 2.24) is 4.90 Å². The van der Waals surface area contributed by atoms with Crippen LogP contribution in [0.5, 0.6) is 0 Å². The van der Waals surface area contributed by atoms with E-state index in [0.29, 0.717) is 0 Å². The molecular formula is C14H17NO. The molecule has 0 radical (unpaired) electrons. The predicted octanol–water partition coefficient (Wildman–Crippen LogP) is 2.26. The van der Waals surface area contributed by atoms with Crippen molar-refractivity contribution in [2.75, 3.05) is 13.1 Å². The highest BCUT2D eigenvalue weighted by atomic mass is 16.1. The molecule has 1 fully saturated rings. The number of benzene rings is 1. The lowest BCUT2D eigenvalue weighted by molar-refractivity contribution is -0.119. The second kappa shape index (κ2) is 4.62. The molecule has 1 aliphatic heterocycles. The third kappa shape index (κ3) is 2.39. The first kappa shape index (κ1) is 11.1. The second-order valence-corrected chi connectivity index (χ2v) is 4.48. The fourth-order valence-electron chi connectivity index (χ4n) is 2.23. The van der Waals surface area contributed by atoms with Crippen LogP contribution >= 0.6 is 0 Å². The molecule has 2 rings (SSSR count). The van der Waals surface area contributed by atoms with Crippen LogP contribution in [0.4, 0.5) is 0 Å². The number of carbonyl (C=O) groups excluding carboxylic acids is 1. The Kier molecular flexibility index (Phi) is 3.20. The van der Waals surface area contributed by atoms with Crippen molar-refractivity contribution >= 4 is 5.78 Å². The summed E-state index contributed by atoms with van der Waals surface area (Å²) >= 11 is 0. The Labute approximate surface area is 96.6 Å². The zero-order valence-corrected chi connectivity index (χ0v) is 9.65. The van der Waals surface area contributed by atoms with Crippen molar-refractivity contribution in [3.63, 3.8) is 0 Å². The Bertz CT molecular complexity index is 396. The van der Waals surface area contributed by atoms with E-state index in [1.165, 1.54) is 5.56 Å². The summed E-state index contributed by atoms with van der Waals surface area (Å²) in [6.07, 6.45) is 0. The van der Waals surface area contributed by atoms with Gasteiger partial charge in [0, 0.05) is 19.6 Å². The van der Waals surface area contributed by atoms with Crippen LogP contribution in [0.2, 0.25) is 0 Å². The summed E-state index contributed by atoms with van der Waals surface area (Å²) in [5, 5.41) is 0. The highest BCUT2D eigenvalue weighted by Crippen LogP contribution is 2.23. The first-order chi connectivity index (χ1) is 7.66. The average Bonchev–Trinajstić information content (AvgIpc) is 2.61. The lowest BCUT2D eigenvalue weighted by Gasteiger charge is -2.14. The minimum Gasteiger partial charge on any atom is -0.299 e. The van der Waals surface area contributed by atoms with Gasteiger partial charge >= 0.3 is 0 Å². The molecule has 2 nitrogen and oxygen atoms in total. The SMILES string of the molecule is C=C1CN(Cc2ccccc2)CC1C(C)=O. The van der Waals surface area contributed by atoms with Crippen molar-refractivity contribution in [2.24, 2.45) is 5.92 Å². The van der Waals surface area contributed by atoms with Crippen LogP contribution in [0.15, 0.2) is 42.5 Å². The number of hydrogen-bond acceptors (Lipinski definition) is 2. The van der Waals surface area contributed by atoms with Crippen molar-refractivity contribution in [3.8, 4) is 0 Å². The molecule has 1 unspecified atom stereocenters. The molecule has 1 aromatic carbocycles. The van der Waals surface area contributed by atoms with Crippen molar-refractivity contribution in [3.05, 3.63) is 48.0 Å². The van der Waals surface area contributed by atoms with Gasteiger partial charge < -0.3 is 0 Å². The summed E-state index contributed by atoms with van der Waals surface area (Å²) < 4.78 is 0. The third-order valence-corrected chi connectivity index (χ3v) is 3.10. The molecule has 0 aromatic heterocycles. The zero-order chi connectivity index (χ0) is 11.5. The smallest absolute Gasteiger partial charge is 0.138 e. The highest BCUT2D eigenvalue weighted by Gasteiger charge is 2.28. The van der Waals surface area contributed by atoms with Gasteiger partial charge in [-0.3, -0.25) is 9.69 Å². The van der Waals surface area contributed by atoms with Crippen LogP contribution < -0.4 is 0 Å². The molecule has 84 valence electrons. The van der Waals surface area contributed by atoms with Crippen molar-refractivity contribution in [2.45, 2.75) is 13.5 Å². The molecule has 0 spiro atoms. The van der Waals surface area contributed by atoms with Crippen molar-refractivity contribution in [1.29, 1.82) is 0 Å². The molecule has 0 amide bonds. The molecule has 0 aliphatic carbocycles. The van der Waals surface area contributed by atoms with E-state index in [-0.39, 0.29) is 11.7 Å². The Morgan fingerprint density at radius 2 is 2.12 bits per heavy atom. The maximum atomic E-state index is 11.4. The normalized spacial score (nSPS) is 21.3. The van der Waals surface area contributed by atoms with Gasteiger partial charge in [-0.25, -0.2) is 0 Å². The van der Waals surface area contributed by atoms with Gasteiger partial charge in [-0.05, 0) is 12.5 Å². The maximum Gasteiger partial charge on any atom is 0.138 e. The molecule has 1 saturated heterocycles. The third-order valence-electron chi connectivity index (χ3n) is 3.10. The Morgan fingerprint density at radius 1 is 1.44 bits per heavy atom. The number of ketones is 1. The minimum absolute atomic E-state index is 0.0451. The monoisotopic (exact) mass is 215 g/mol. The lowest BCUT2D eigenvalue weighted by Crippen LogP contribution is -2.21. The van der Waals surface area contributed by atoms with E-state index in [0.717, 1.165) is 25.2 Å². The standard InChI is InChI=1S/C14H17NO/c1-11-8-15(10-14(11)12(2)16)9-13-6-4-3-5-7-13/h3-7,14H,1,8-10H2,2H3. The van der Waals surface area contributed by atoms with Gasteiger partial charge in [0.05, 0.1) is 5.92 Å². The van der Waals surface area contributed by atoms with Gasteiger partial charge in [0.2, 0.25) is 0 Å². The molecule has 1 aliphatic rings. The topological polar surface area (TPSA) is 20.3 Å². The predicted molar refractivity (Wildman–Crippen MR) is 65.0 cm³/mol. The molecule has 0 N–H and O–H groups in total. The van der Waals surface area contributed by atoms with Gasteiger partial charge in [0.15, 0.2) is 0 Å². The molecular weight excluding hydrogens is 198 g/mol.